The highest BCUT2D eigenvalue weighted by Gasteiger charge is 2.37. The van der Waals surface area contributed by atoms with Gasteiger partial charge in [0.1, 0.15) is 11.6 Å². The number of halogens is 4. The maximum Gasteiger partial charge on any atom is 0.346 e. The first-order valence-electron chi connectivity index (χ1n) is 6.86. The van der Waals surface area contributed by atoms with E-state index in [9.17, 15) is 22.4 Å². The van der Waals surface area contributed by atoms with Gasteiger partial charge in [-0.25, -0.2) is 22.6 Å². The molecule has 0 saturated carbocycles. The van der Waals surface area contributed by atoms with Crippen LogP contribution in [0.25, 0.3) is 0 Å². The Balaban J connectivity index is 2.04. The minimum Gasteiger partial charge on any atom is -0.269 e. The number of hydrogen-bond acceptors (Lipinski definition) is 2. The minimum absolute atomic E-state index is 0.0340. The zero-order valence-electron chi connectivity index (χ0n) is 11.5. The molecule has 4 nitrogen and oxygen atoms in total. The Morgan fingerprint density at radius 1 is 1.23 bits per heavy atom. The second-order valence-corrected chi connectivity index (χ2v) is 5.20. The Kier molecular flexibility index (Phi) is 3.76. The van der Waals surface area contributed by atoms with E-state index in [4.69, 9.17) is 0 Å². The lowest BCUT2D eigenvalue weighted by Crippen LogP contribution is -2.27. The molecule has 1 aliphatic rings. The molecule has 0 N–H and O–H groups in total. The molecule has 1 aliphatic heterocycles. The summed E-state index contributed by atoms with van der Waals surface area (Å²) >= 11 is 0. The van der Waals surface area contributed by atoms with Gasteiger partial charge in [-0.1, -0.05) is 0 Å². The number of fused-ring (bicyclic) bond motifs is 1. The highest BCUT2D eigenvalue weighted by Crippen LogP contribution is 2.38. The Morgan fingerprint density at radius 3 is 2.55 bits per heavy atom. The molecule has 0 fully saturated rings. The van der Waals surface area contributed by atoms with Crippen LogP contribution in [-0.2, 0) is 6.54 Å². The van der Waals surface area contributed by atoms with Crippen molar-refractivity contribution in [2.24, 2.45) is 0 Å². The molecule has 22 heavy (non-hydrogen) atoms. The summed E-state index contributed by atoms with van der Waals surface area (Å²) in [6.45, 7) is -0.585. The van der Waals surface area contributed by atoms with Crippen molar-refractivity contribution in [1.82, 2.24) is 14.3 Å². The first-order valence-corrected chi connectivity index (χ1v) is 6.86. The molecule has 8 heteroatoms. The lowest BCUT2D eigenvalue weighted by Gasteiger charge is -2.12. The maximum atomic E-state index is 14.1. The maximum absolute atomic E-state index is 14.1. The number of alkyl halides is 2. The van der Waals surface area contributed by atoms with Crippen LogP contribution < -0.4 is 5.69 Å². The van der Waals surface area contributed by atoms with Crippen molar-refractivity contribution in [2.75, 3.05) is 6.67 Å². The van der Waals surface area contributed by atoms with Gasteiger partial charge in [-0.15, -0.1) is 0 Å². The normalized spacial score (nSPS) is 20.4. The monoisotopic (exact) mass is 315 g/mol. The Hall–Kier alpha value is -2.12. The van der Waals surface area contributed by atoms with Crippen molar-refractivity contribution >= 4 is 0 Å². The quantitative estimate of drug-likeness (QED) is 0.814. The summed E-state index contributed by atoms with van der Waals surface area (Å²) in [7, 11) is 0. The molecular formula is C14H13F4N3O. The van der Waals surface area contributed by atoms with Gasteiger partial charge < -0.3 is 0 Å². The summed E-state index contributed by atoms with van der Waals surface area (Å²) in [4.78, 5) is 12.3. The van der Waals surface area contributed by atoms with Crippen molar-refractivity contribution in [3.05, 3.63) is 51.7 Å². The lowest BCUT2D eigenvalue weighted by atomic mass is 10.0. The fourth-order valence-corrected chi connectivity index (χ4v) is 2.76. The zero-order valence-corrected chi connectivity index (χ0v) is 11.5. The molecule has 0 aliphatic carbocycles. The van der Waals surface area contributed by atoms with Crippen LogP contribution in [0, 0.1) is 11.6 Å². The standard InChI is InChI=1S/C14H13F4N3O/c15-2-1-3-20-14(22)21-12(7-11(18)13(21)19-20)8-4-9(16)6-10(17)5-8/h4-6,11-12H,1-3,7H2. The number of benzene rings is 1. The van der Waals surface area contributed by atoms with Gasteiger partial charge in [0, 0.05) is 19.0 Å². The van der Waals surface area contributed by atoms with Crippen LogP contribution in [0.3, 0.4) is 0 Å². The third kappa shape index (κ3) is 2.42. The largest absolute Gasteiger partial charge is 0.346 e. The van der Waals surface area contributed by atoms with Crippen LogP contribution in [0.4, 0.5) is 17.6 Å². The van der Waals surface area contributed by atoms with E-state index in [0.717, 1.165) is 21.4 Å². The highest BCUT2D eigenvalue weighted by molar-refractivity contribution is 5.25. The summed E-state index contributed by atoms with van der Waals surface area (Å²) < 4.78 is 55.1. The second kappa shape index (κ2) is 5.58. The van der Waals surface area contributed by atoms with Crippen molar-refractivity contribution in [1.29, 1.82) is 0 Å². The highest BCUT2D eigenvalue weighted by atomic mass is 19.1. The minimum atomic E-state index is -1.50. The van der Waals surface area contributed by atoms with Crippen LogP contribution in [0.15, 0.2) is 23.0 Å². The fraction of sp³-hybridized carbons (Fsp3) is 0.429. The van der Waals surface area contributed by atoms with Crippen molar-refractivity contribution in [3.8, 4) is 0 Å². The number of aromatic nitrogens is 3. The molecule has 2 aromatic rings. The van der Waals surface area contributed by atoms with Crippen molar-refractivity contribution < 1.29 is 17.6 Å². The van der Waals surface area contributed by atoms with E-state index >= 15 is 0 Å². The van der Waals surface area contributed by atoms with Crippen molar-refractivity contribution in [2.45, 2.75) is 31.6 Å². The van der Waals surface area contributed by atoms with Gasteiger partial charge in [0.25, 0.3) is 0 Å². The van der Waals surface area contributed by atoms with Crippen LogP contribution in [0.5, 0.6) is 0 Å². The summed E-state index contributed by atoms with van der Waals surface area (Å²) in [6.07, 6.45) is -1.52. The first-order chi connectivity index (χ1) is 10.5. The summed E-state index contributed by atoms with van der Waals surface area (Å²) in [5.74, 6) is -1.67. The molecule has 2 atom stereocenters. The second-order valence-electron chi connectivity index (χ2n) is 5.20. The molecule has 0 amide bonds. The molecule has 0 bridgehead atoms. The van der Waals surface area contributed by atoms with Gasteiger partial charge in [0.05, 0.1) is 12.7 Å². The molecule has 0 saturated heterocycles. The molecule has 3 rings (SSSR count). The Labute approximate surface area is 123 Å². The number of rotatable bonds is 4. The van der Waals surface area contributed by atoms with E-state index < -0.39 is 36.2 Å². The van der Waals surface area contributed by atoms with Crippen LogP contribution in [0.1, 0.15) is 36.4 Å². The molecule has 118 valence electrons. The fourth-order valence-electron chi connectivity index (χ4n) is 2.76. The van der Waals surface area contributed by atoms with Gasteiger partial charge in [0.2, 0.25) is 0 Å². The number of hydrogen-bond donors (Lipinski definition) is 0. The van der Waals surface area contributed by atoms with Crippen LogP contribution >= 0.6 is 0 Å². The molecule has 2 unspecified atom stereocenters. The van der Waals surface area contributed by atoms with E-state index in [2.05, 4.69) is 5.10 Å². The van der Waals surface area contributed by atoms with E-state index in [1.54, 1.807) is 0 Å². The van der Waals surface area contributed by atoms with E-state index in [1.165, 1.54) is 0 Å². The van der Waals surface area contributed by atoms with Crippen LogP contribution in [-0.4, -0.2) is 21.0 Å². The molecule has 1 aromatic carbocycles. The molecule has 1 aromatic heterocycles. The van der Waals surface area contributed by atoms with Gasteiger partial charge in [-0.3, -0.25) is 8.96 Å². The van der Waals surface area contributed by atoms with Gasteiger partial charge in [0.15, 0.2) is 12.0 Å². The number of aryl methyl sites for hydroxylation is 1. The smallest absolute Gasteiger partial charge is 0.269 e. The SMILES string of the molecule is O=c1n(CCCF)nc2n1C(c1cc(F)cc(F)c1)CC2F. The molecule has 0 radical (unpaired) electrons. The van der Waals surface area contributed by atoms with E-state index in [1.807, 2.05) is 0 Å². The van der Waals surface area contributed by atoms with Crippen molar-refractivity contribution in [3.63, 3.8) is 0 Å². The predicted molar refractivity (Wildman–Crippen MR) is 70.0 cm³/mol. The lowest BCUT2D eigenvalue weighted by molar-refractivity contribution is 0.320. The molecule has 0 spiro atoms. The zero-order chi connectivity index (χ0) is 15.9. The Morgan fingerprint density at radius 2 is 1.91 bits per heavy atom. The Bertz CT molecular complexity index is 735. The predicted octanol–water partition coefficient (Wildman–Crippen LogP) is 2.69. The van der Waals surface area contributed by atoms with E-state index in [0.29, 0.717) is 6.07 Å². The third-order valence-corrected chi connectivity index (χ3v) is 3.69. The van der Waals surface area contributed by atoms with Crippen LogP contribution in [0.2, 0.25) is 0 Å². The average Bonchev–Trinajstić information content (AvgIpc) is 2.95. The summed E-state index contributed by atoms with van der Waals surface area (Å²) in [6, 6.07) is 2.03. The first kappa shape index (κ1) is 14.8. The summed E-state index contributed by atoms with van der Waals surface area (Å²) in [5, 5.41) is 3.87. The third-order valence-electron chi connectivity index (χ3n) is 3.69. The van der Waals surface area contributed by atoms with Gasteiger partial charge in [-0.05, 0) is 24.1 Å². The topological polar surface area (TPSA) is 39.8 Å². The van der Waals surface area contributed by atoms with Gasteiger partial charge >= 0.3 is 5.69 Å². The number of nitrogens with zero attached hydrogens (tertiary/aromatic N) is 3. The molecule has 2 heterocycles. The van der Waals surface area contributed by atoms with Gasteiger partial charge in [-0.2, -0.15) is 5.10 Å². The average molecular weight is 315 g/mol. The molecular weight excluding hydrogens is 302 g/mol. The van der Waals surface area contributed by atoms with E-state index in [-0.39, 0.29) is 30.8 Å². The summed E-state index contributed by atoms with van der Waals surface area (Å²) in [5.41, 5.74) is -0.427.